The van der Waals surface area contributed by atoms with Crippen molar-refractivity contribution in [2.24, 2.45) is 15.7 Å². The first-order chi connectivity index (χ1) is 8.79. The zero-order valence-electron chi connectivity index (χ0n) is 10.6. The van der Waals surface area contributed by atoms with Crippen molar-refractivity contribution < 1.29 is 0 Å². The van der Waals surface area contributed by atoms with Crippen molar-refractivity contribution in [3.05, 3.63) is 24.3 Å². The molecule has 5 heteroatoms. The summed E-state index contributed by atoms with van der Waals surface area (Å²) in [6.07, 6.45) is 1.63. The standard InChI is InChI=1S/C13H19N5/c1-2-16-13(14)17-11-3-5-12(6-4-11)18-9-7-15-8-10-18/h2-6,15H,7-10H2,1H3,(H2,14,17). The fraction of sp³-hybridized carbons (Fsp3) is 0.385. The summed E-state index contributed by atoms with van der Waals surface area (Å²) in [7, 11) is 0. The molecule has 0 amide bonds. The number of aliphatic imine (C=N–C) groups is 2. The summed E-state index contributed by atoms with van der Waals surface area (Å²) >= 11 is 0. The second kappa shape index (κ2) is 6.16. The van der Waals surface area contributed by atoms with Crippen LogP contribution in [0.1, 0.15) is 6.92 Å². The first-order valence-electron chi connectivity index (χ1n) is 6.18. The molecule has 1 aromatic carbocycles. The third kappa shape index (κ3) is 3.30. The van der Waals surface area contributed by atoms with E-state index in [9.17, 15) is 0 Å². The second-order valence-corrected chi connectivity index (χ2v) is 4.11. The van der Waals surface area contributed by atoms with Gasteiger partial charge in [0.05, 0.1) is 5.69 Å². The molecule has 0 bridgehead atoms. The van der Waals surface area contributed by atoms with E-state index in [0.29, 0.717) is 0 Å². The van der Waals surface area contributed by atoms with Gasteiger partial charge in [0.2, 0.25) is 5.96 Å². The number of nitrogens with two attached hydrogens (primary N) is 1. The van der Waals surface area contributed by atoms with Crippen molar-refractivity contribution in [3.63, 3.8) is 0 Å². The molecule has 3 N–H and O–H groups in total. The van der Waals surface area contributed by atoms with E-state index >= 15 is 0 Å². The first kappa shape index (κ1) is 12.6. The van der Waals surface area contributed by atoms with Crippen LogP contribution in [0.2, 0.25) is 0 Å². The van der Waals surface area contributed by atoms with Gasteiger partial charge in [-0.25, -0.2) is 9.98 Å². The summed E-state index contributed by atoms with van der Waals surface area (Å²) in [6, 6.07) is 8.09. The van der Waals surface area contributed by atoms with Crippen molar-refractivity contribution in [3.8, 4) is 0 Å². The summed E-state index contributed by atoms with van der Waals surface area (Å²) in [5.74, 6) is 0.285. The number of guanidine groups is 1. The number of benzene rings is 1. The van der Waals surface area contributed by atoms with Crippen LogP contribution in [-0.2, 0) is 0 Å². The summed E-state index contributed by atoms with van der Waals surface area (Å²) in [5.41, 5.74) is 7.69. The molecular weight excluding hydrogens is 226 g/mol. The highest BCUT2D eigenvalue weighted by atomic mass is 15.2. The lowest BCUT2D eigenvalue weighted by molar-refractivity contribution is 0.589. The smallest absolute Gasteiger partial charge is 0.220 e. The fourth-order valence-corrected chi connectivity index (χ4v) is 1.95. The zero-order chi connectivity index (χ0) is 12.8. The zero-order valence-corrected chi connectivity index (χ0v) is 10.6. The molecule has 96 valence electrons. The Bertz CT molecular complexity index is 429. The Labute approximate surface area is 107 Å². The molecule has 1 fully saturated rings. The highest BCUT2D eigenvalue weighted by molar-refractivity contribution is 5.87. The number of nitrogens with one attached hydrogen (secondary N) is 1. The van der Waals surface area contributed by atoms with Crippen molar-refractivity contribution in [1.29, 1.82) is 0 Å². The summed E-state index contributed by atoms with van der Waals surface area (Å²) in [6.45, 7) is 5.99. The molecule has 1 aromatic rings. The maximum absolute atomic E-state index is 5.63. The highest BCUT2D eigenvalue weighted by Crippen LogP contribution is 2.20. The summed E-state index contributed by atoms with van der Waals surface area (Å²) in [4.78, 5) is 10.5. The third-order valence-electron chi connectivity index (χ3n) is 2.84. The van der Waals surface area contributed by atoms with Crippen LogP contribution in [0.5, 0.6) is 0 Å². The Morgan fingerprint density at radius 3 is 2.56 bits per heavy atom. The predicted octanol–water partition coefficient (Wildman–Crippen LogP) is 1.13. The van der Waals surface area contributed by atoms with Crippen molar-refractivity contribution in [2.75, 3.05) is 31.1 Å². The minimum absolute atomic E-state index is 0.285. The highest BCUT2D eigenvalue weighted by Gasteiger charge is 2.09. The van der Waals surface area contributed by atoms with Crippen LogP contribution >= 0.6 is 0 Å². The molecule has 0 aromatic heterocycles. The first-order valence-corrected chi connectivity index (χ1v) is 6.18. The van der Waals surface area contributed by atoms with Gasteiger partial charge in [-0.1, -0.05) is 0 Å². The van der Waals surface area contributed by atoms with Gasteiger partial charge in [-0.2, -0.15) is 0 Å². The molecule has 5 nitrogen and oxygen atoms in total. The van der Waals surface area contributed by atoms with Gasteiger partial charge in [0, 0.05) is 38.1 Å². The van der Waals surface area contributed by atoms with Crippen molar-refractivity contribution in [1.82, 2.24) is 5.32 Å². The van der Waals surface area contributed by atoms with Gasteiger partial charge >= 0.3 is 0 Å². The topological polar surface area (TPSA) is 66.0 Å². The summed E-state index contributed by atoms with van der Waals surface area (Å²) in [5, 5.41) is 3.34. The van der Waals surface area contributed by atoms with E-state index in [-0.39, 0.29) is 5.96 Å². The van der Waals surface area contributed by atoms with Gasteiger partial charge < -0.3 is 16.0 Å². The molecule has 0 saturated carbocycles. The van der Waals surface area contributed by atoms with E-state index in [1.54, 1.807) is 6.21 Å². The Balaban J connectivity index is 2.07. The van der Waals surface area contributed by atoms with E-state index < -0.39 is 0 Å². The molecule has 1 aliphatic heterocycles. The lowest BCUT2D eigenvalue weighted by atomic mass is 10.2. The Morgan fingerprint density at radius 2 is 1.94 bits per heavy atom. The molecule has 1 saturated heterocycles. The molecule has 0 aliphatic carbocycles. The predicted molar refractivity (Wildman–Crippen MR) is 77.0 cm³/mol. The molecule has 0 atom stereocenters. The third-order valence-corrected chi connectivity index (χ3v) is 2.84. The second-order valence-electron chi connectivity index (χ2n) is 4.11. The normalized spacial score (nSPS) is 17.4. The van der Waals surface area contributed by atoms with E-state index in [4.69, 9.17) is 5.73 Å². The van der Waals surface area contributed by atoms with E-state index in [1.807, 2.05) is 19.1 Å². The molecule has 0 radical (unpaired) electrons. The minimum atomic E-state index is 0.285. The van der Waals surface area contributed by atoms with Gasteiger partial charge in [-0.05, 0) is 31.2 Å². The number of rotatable bonds is 2. The Kier molecular flexibility index (Phi) is 4.30. The van der Waals surface area contributed by atoms with E-state index in [1.165, 1.54) is 5.69 Å². The number of piperazine rings is 1. The Hall–Kier alpha value is -1.88. The van der Waals surface area contributed by atoms with Gasteiger partial charge in [-0.15, -0.1) is 0 Å². The van der Waals surface area contributed by atoms with Crippen LogP contribution < -0.4 is 16.0 Å². The van der Waals surface area contributed by atoms with Gasteiger partial charge in [-0.3, -0.25) is 0 Å². The van der Waals surface area contributed by atoms with Gasteiger partial charge in [0.15, 0.2) is 0 Å². The van der Waals surface area contributed by atoms with Crippen LogP contribution in [0.3, 0.4) is 0 Å². The van der Waals surface area contributed by atoms with E-state index in [0.717, 1.165) is 31.9 Å². The maximum Gasteiger partial charge on any atom is 0.220 e. The SMILES string of the molecule is CC=NC(N)=Nc1ccc(N2CCNCC2)cc1. The lowest BCUT2D eigenvalue weighted by Gasteiger charge is -2.29. The summed E-state index contributed by atoms with van der Waals surface area (Å²) < 4.78 is 0. The maximum atomic E-state index is 5.63. The van der Waals surface area contributed by atoms with Crippen LogP contribution in [-0.4, -0.2) is 38.4 Å². The monoisotopic (exact) mass is 245 g/mol. The average molecular weight is 245 g/mol. The molecule has 2 rings (SSSR count). The van der Waals surface area contributed by atoms with Gasteiger partial charge in [0.1, 0.15) is 0 Å². The molecule has 0 unspecified atom stereocenters. The van der Waals surface area contributed by atoms with Gasteiger partial charge in [0.25, 0.3) is 0 Å². The minimum Gasteiger partial charge on any atom is -0.369 e. The molecule has 1 heterocycles. The number of hydrogen-bond acceptors (Lipinski definition) is 3. The molecular formula is C13H19N5. The fourth-order valence-electron chi connectivity index (χ4n) is 1.95. The molecule has 18 heavy (non-hydrogen) atoms. The van der Waals surface area contributed by atoms with Crippen molar-refractivity contribution >= 4 is 23.5 Å². The number of anilines is 1. The Morgan fingerprint density at radius 1 is 1.28 bits per heavy atom. The van der Waals surface area contributed by atoms with Crippen LogP contribution in [0.4, 0.5) is 11.4 Å². The number of nitrogens with zero attached hydrogens (tertiary/aromatic N) is 3. The van der Waals surface area contributed by atoms with E-state index in [2.05, 4.69) is 32.3 Å². The van der Waals surface area contributed by atoms with Crippen LogP contribution in [0, 0.1) is 0 Å². The molecule has 0 spiro atoms. The van der Waals surface area contributed by atoms with Crippen molar-refractivity contribution in [2.45, 2.75) is 6.92 Å². The molecule has 1 aliphatic rings. The van der Waals surface area contributed by atoms with Crippen LogP contribution in [0.15, 0.2) is 34.3 Å². The lowest BCUT2D eigenvalue weighted by Crippen LogP contribution is -2.43. The van der Waals surface area contributed by atoms with Crippen LogP contribution in [0.25, 0.3) is 0 Å². The quantitative estimate of drug-likeness (QED) is 0.606. The number of hydrogen-bond donors (Lipinski definition) is 2. The average Bonchev–Trinajstić information content (AvgIpc) is 2.41. The largest absolute Gasteiger partial charge is 0.369 e.